The number of nitrogens with zero attached hydrogens (tertiary/aromatic N) is 1. The lowest BCUT2D eigenvalue weighted by Crippen LogP contribution is -2.70. The van der Waals surface area contributed by atoms with E-state index < -0.39 is 45.6 Å². The summed E-state index contributed by atoms with van der Waals surface area (Å²) in [7, 11) is 0. The highest BCUT2D eigenvalue weighted by atomic mass is 19.3. The van der Waals surface area contributed by atoms with Gasteiger partial charge in [-0.25, -0.2) is 0 Å². The van der Waals surface area contributed by atoms with E-state index in [0.29, 0.717) is 38.2 Å². The van der Waals surface area contributed by atoms with Gasteiger partial charge in [0.1, 0.15) is 0 Å². The third-order valence-corrected chi connectivity index (χ3v) is 13.8. The zero-order chi connectivity index (χ0) is 29.5. The van der Waals surface area contributed by atoms with Crippen LogP contribution in [0.1, 0.15) is 99.8 Å². The molecule has 0 aromatic carbocycles. The minimum Gasteiger partial charge on any atom is -0.387 e. The number of aliphatic hydroxyl groups is 1. The summed E-state index contributed by atoms with van der Waals surface area (Å²) >= 11 is 0. The molecule has 0 aliphatic heterocycles. The number of amides is 1. The Kier molecular flexibility index (Phi) is 5.37. The van der Waals surface area contributed by atoms with Crippen LogP contribution < -0.4 is 5.32 Å². The zero-order valence-electron chi connectivity index (χ0n) is 25.0. The van der Waals surface area contributed by atoms with Crippen molar-refractivity contribution in [3.63, 3.8) is 0 Å². The van der Waals surface area contributed by atoms with Crippen LogP contribution in [0.25, 0.3) is 0 Å². The quantitative estimate of drug-likeness (QED) is 0.421. The van der Waals surface area contributed by atoms with E-state index in [0.717, 1.165) is 31.3 Å². The molecule has 0 heterocycles. The average Bonchev–Trinajstić information content (AvgIpc) is 3.49. The summed E-state index contributed by atoms with van der Waals surface area (Å²) in [6.45, 7) is 13.8. The molecule has 6 aliphatic carbocycles. The van der Waals surface area contributed by atoms with Crippen molar-refractivity contribution in [3.8, 4) is 6.07 Å². The number of fused-ring (bicyclic) bond motifs is 6. The summed E-state index contributed by atoms with van der Waals surface area (Å²) < 4.78 is 28.3. The molecule has 0 aromatic heterocycles. The molecule has 0 aromatic rings. The third-order valence-electron chi connectivity index (χ3n) is 13.8. The highest BCUT2D eigenvalue weighted by Gasteiger charge is 2.81. The molecule has 6 aliphatic rings. The molecule has 0 bridgehead atoms. The van der Waals surface area contributed by atoms with Crippen LogP contribution in [0.2, 0.25) is 0 Å². The Morgan fingerprint density at radius 2 is 1.70 bits per heavy atom. The summed E-state index contributed by atoms with van der Waals surface area (Å²) in [5, 5.41) is 23.9. The fraction of sp³-hybridized carbons (Fsp3) is 0.788. The molecular formula is C33H44F2N2O3. The number of aliphatic hydroxyl groups excluding tert-OH is 1. The minimum atomic E-state index is -3.48. The fourth-order valence-corrected chi connectivity index (χ4v) is 11.1. The van der Waals surface area contributed by atoms with Gasteiger partial charge in [-0.2, -0.15) is 14.0 Å². The van der Waals surface area contributed by atoms with Crippen molar-refractivity contribution in [2.24, 2.45) is 44.3 Å². The van der Waals surface area contributed by atoms with Crippen molar-refractivity contribution in [1.82, 2.24) is 5.32 Å². The molecule has 0 saturated heterocycles. The number of carbonyl (C=O) groups excluding carboxylic acids is 2. The smallest absolute Gasteiger partial charge is 0.321 e. The van der Waals surface area contributed by atoms with Gasteiger partial charge in [-0.15, -0.1) is 0 Å². The lowest BCUT2D eigenvalue weighted by atomic mass is 9.35. The van der Waals surface area contributed by atoms with E-state index in [1.54, 1.807) is 0 Å². The number of ketones is 1. The van der Waals surface area contributed by atoms with Crippen molar-refractivity contribution >= 4 is 11.7 Å². The Morgan fingerprint density at radius 1 is 1.05 bits per heavy atom. The van der Waals surface area contributed by atoms with Crippen LogP contribution in [-0.4, -0.2) is 34.4 Å². The van der Waals surface area contributed by atoms with E-state index >= 15 is 0 Å². The van der Waals surface area contributed by atoms with Crippen molar-refractivity contribution in [2.45, 2.75) is 117 Å². The van der Waals surface area contributed by atoms with Crippen molar-refractivity contribution in [1.29, 1.82) is 5.26 Å². The molecule has 9 atom stereocenters. The first-order valence-electron chi connectivity index (χ1n) is 15.0. The number of rotatable bonds is 2. The molecule has 40 heavy (non-hydrogen) atoms. The maximum absolute atomic E-state index is 14.5. The molecule has 2 N–H and O–H groups in total. The number of halogens is 2. The number of allylic oxidation sites excluding steroid dienone is 3. The summed E-state index contributed by atoms with van der Waals surface area (Å²) in [5.74, 6) is -5.34. The molecule has 0 radical (unpaired) electrons. The van der Waals surface area contributed by atoms with Gasteiger partial charge >= 0.3 is 5.92 Å². The number of hydrogen-bond acceptors (Lipinski definition) is 4. The second-order valence-electron chi connectivity index (χ2n) is 16.2. The van der Waals surface area contributed by atoms with Gasteiger partial charge in [-0.1, -0.05) is 47.6 Å². The molecule has 4 unspecified atom stereocenters. The van der Waals surface area contributed by atoms with Crippen molar-refractivity contribution in [2.75, 3.05) is 0 Å². The van der Waals surface area contributed by atoms with Crippen LogP contribution in [0, 0.1) is 55.7 Å². The Balaban J connectivity index is 1.50. The Hall–Kier alpha value is -2.07. The Bertz CT molecular complexity index is 1320. The largest absolute Gasteiger partial charge is 0.387 e. The predicted molar refractivity (Wildman–Crippen MR) is 147 cm³/mol. The van der Waals surface area contributed by atoms with Crippen molar-refractivity contribution < 1.29 is 23.5 Å². The molecule has 4 fully saturated rings. The van der Waals surface area contributed by atoms with Crippen LogP contribution in [-0.2, 0) is 9.59 Å². The Morgan fingerprint density at radius 3 is 2.33 bits per heavy atom. The SMILES string of the molecule is CC1(C)CC[C@]2(NC(=O)C(C)(F)F)CC[C@]3(C)C(C(=O)C=C4[C@@]5(C)C=C(C#N)C(O)C6(C)C[C@]65CC[C@]43C)C2C1. The van der Waals surface area contributed by atoms with Gasteiger partial charge in [0, 0.05) is 29.2 Å². The van der Waals surface area contributed by atoms with Gasteiger partial charge in [0.15, 0.2) is 5.78 Å². The molecule has 7 heteroatoms. The number of hydrogen-bond donors (Lipinski definition) is 2. The van der Waals surface area contributed by atoms with Gasteiger partial charge in [0.25, 0.3) is 5.91 Å². The summed E-state index contributed by atoms with van der Waals surface area (Å²) in [6, 6.07) is 2.25. The van der Waals surface area contributed by atoms with Crippen molar-refractivity contribution in [3.05, 3.63) is 23.3 Å². The zero-order valence-corrected chi connectivity index (χ0v) is 25.0. The van der Waals surface area contributed by atoms with Gasteiger partial charge in [0.2, 0.25) is 0 Å². The van der Waals surface area contributed by atoms with Gasteiger partial charge in [-0.05, 0) is 90.6 Å². The summed E-state index contributed by atoms with van der Waals surface area (Å²) in [4.78, 5) is 27.2. The molecule has 1 amide bonds. The monoisotopic (exact) mass is 554 g/mol. The number of nitriles is 1. The minimum absolute atomic E-state index is 0.0258. The van der Waals surface area contributed by atoms with Crippen LogP contribution in [0.15, 0.2) is 23.3 Å². The van der Waals surface area contributed by atoms with Crippen LogP contribution in [0.5, 0.6) is 0 Å². The first-order valence-corrected chi connectivity index (χ1v) is 15.0. The maximum Gasteiger partial charge on any atom is 0.321 e. The van der Waals surface area contributed by atoms with Gasteiger partial charge in [0.05, 0.1) is 17.7 Å². The molecule has 1 spiro atoms. The number of alkyl halides is 2. The van der Waals surface area contributed by atoms with Crippen LogP contribution >= 0.6 is 0 Å². The highest BCUT2D eigenvalue weighted by molar-refractivity contribution is 5.96. The maximum atomic E-state index is 14.5. The second kappa shape index (κ2) is 7.65. The highest BCUT2D eigenvalue weighted by Crippen LogP contribution is 2.85. The standard InChI is InChI=1S/C33H44F2N2O3/c1-26(2)8-11-32(37-25(40)31(7,34)35)12-9-28(4)23(20(32)16-26)21(38)14-22-27(28,3)10-13-33-18-30(33,6)24(39)19(17-36)15-29(22,33)5/h14-15,20,23-24,39H,8-13,16,18H2,1-7H3,(H,37,40)/t20?,23?,24?,27-,28-,29-,30?,32+,33+/m1/s1. The molecule has 6 rings (SSSR count). The predicted octanol–water partition coefficient (Wildman–Crippen LogP) is 6.28. The van der Waals surface area contributed by atoms with E-state index in [1.807, 2.05) is 12.2 Å². The average molecular weight is 555 g/mol. The van der Waals surface area contributed by atoms with E-state index in [2.05, 4.69) is 52.9 Å². The lowest BCUT2D eigenvalue weighted by Gasteiger charge is -2.69. The molecule has 4 saturated carbocycles. The second-order valence-corrected chi connectivity index (χ2v) is 16.2. The third kappa shape index (κ3) is 3.10. The molecular weight excluding hydrogens is 510 g/mol. The summed E-state index contributed by atoms with van der Waals surface area (Å²) in [6.07, 6.45) is 8.91. The topological polar surface area (TPSA) is 90.2 Å². The normalized spacial score (nSPS) is 50.4. The van der Waals surface area contributed by atoms with E-state index in [9.17, 15) is 28.7 Å². The molecule has 218 valence electrons. The van der Waals surface area contributed by atoms with E-state index in [1.165, 1.54) is 0 Å². The summed E-state index contributed by atoms with van der Waals surface area (Å²) in [5.41, 5.74) is -1.32. The fourth-order valence-electron chi connectivity index (χ4n) is 11.1. The first kappa shape index (κ1) is 28.1. The molecule has 5 nitrogen and oxygen atoms in total. The number of nitrogens with one attached hydrogen (secondary N) is 1. The van der Waals surface area contributed by atoms with Crippen LogP contribution in [0.3, 0.4) is 0 Å². The van der Waals surface area contributed by atoms with Crippen LogP contribution in [0.4, 0.5) is 8.78 Å². The van der Waals surface area contributed by atoms with Gasteiger partial charge < -0.3 is 10.4 Å². The van der Waals surface area contributed by atoms with Gasteiger partial charge in [-0.3, -0.25) is 9.59 Å². The first-order chi connectivity index (χ1) is 18.3. The van der Waals surface area contributed by atoms with E-state index in [-0.39, 0.29) is 27.9 Å². The number of carbonyl (C=O) groups is 2. The Labute approximate surface area is 236 Å². The van der Waals surface area contributed by atoms with E-state index in [4.69, 9.17) is 0 Å². The lowest BCUT2D eigenvalue weighted by molar-refractivity contribution is -0.168.